The zero-order chi connectivity index (χ0) is 14.7. The number of aromatic nitrogens is 4. The van der Waals surface area contributed by atoms with Crippen LogP contribution in [0.4, 0.5) is 5.82 Å². The van der Waals surface area contributed by atoms with Crippen LogP contribution in [0.3, 0.4) is 0 Å². The van der Waals surface area contributed by atoms with Crippen LogP contribution < -0.4 is 10.6 Å². The fourth-order valence-corrected chi connectivity index (χ4v) is 2.60. The van der Waals surface area contributed by atoms with Gasteiger partial charge in [0.15, 0.2) is 0 Å². The highest BCUT2D eigenvalue weighted by Gasteiger charge is 2.21. The number of anilines is 1. The molecule has 3 rings (SSSR count). The van der Waals surface area contributed by atoms with Crippen molar-refractivity contribution in [2.75, 3.05) is 11.9 Å². The zero-order valence-electron chi connectivity index (χ0n) is 12.2. The number of carbonyl (C=O) groups is 1. The Morgan fingerprint density at radius 1 is 1.48 bits per heavy atom. The van der Waals surface area contributed by atoms with Crippen molar-refractivity contribution in [2.45, 2.75) is 45.1 Å². The van der Waals surface area contributed by atoms with Crippen molar-refractivity contribution in [1.82, 2.24) is 24.9 Å². The topological polar surface area (TPSA) is 84.2 Å². The summed E-state index contributed by atoms with van der Waals surface area (Å²) < 4.78 is 1.65. The van der Waals surface area contributed by atoms with Gasteiger partial charge in [-0.1, -0.05) is 13.3 Å². The van der Waals surface area contributed by atoms with Gasteiger partial charge in [0, 0.05) is 18.3 Å². The Bertz CT molecular complexity index is 637. The van der Waals surface area contributed by atoms with Crippen molar-refractivity contribution in [3.8, 4) is 0 Å². The number of aryl methyl sites for hydroxylation is 1. The minimum Gasteiger partial charge on any atom is -0.358 e. The van der Waals surface area contributed by atoms with Crippen LogP contribution in [0.25, 0.3) is 5.78 Å². The van der Waals surface area contributed by atoms with Crippen LogP contribution in [0.15, 0.2) is 12.4 Å². The van der Waals surface area contributed by atoms with E-state index in [-0.39, 0.29) is 11.9 Å². The van der Waals surface area contributed by atoms with Gasteiger partial charge in [0.2, 0.25) is 5.91 Å². The van der Waals surface area contributed by atoms with E-state index in [1.165, 1.54) is 6.33 Å². The van der Waals surface area contributed by atoms with Crippen molar-refractivity contribution in [3.05, 3.63) is 18.1 Å². The van der Waals surface area contributed by atoms with Crippen molar-refractivity contribution in [2.24, 2.45) is 0 Å². The number of hydrogen-bond acceptors (Lipinski definition) is 5. The van der Waals surface area contributed by atoms with Gasteiger partial charge in [-0.2, -0.15) is 14.6 Å². The zero-order valence-corrected chi connectivity index (χ0v) is 12.2. The number of hydrogen-bond donors (Lipinski definition) is 2. The van der Waals surface area contributed by atoms with Gasteiger partial charge in [0.25, 0.3) is 5.78 Å². The smallest absolute Gasteiger partial charge is 0.254 e. The molecule has 1 saturated heterocycles. The molecule has 2 aromatic rings. The first-order valence-corrected chi connectivity index (χ1v) is 7.52. The predicted molar refractivity (Wildman–Crippen MR) is 79.0 cm³/mol. The quantitative estimate of drug-likeness (QED) is 0.882. The fraction of sp³-hybridized carbons (Fsp3) is 0.571. The van der Waals surface area contributed by atoms with Gasteiger partial charge in [-0.25, -0.2) is 4.98 Å². The molecule has 1 aliphatic heterocycles. The highest BCUT2D eigenvalue weighted by molar-refractivity contribution is 5.84. The molecular weight excluding hydrogens is 268 g/mol. The van der Waals surface area contributed by atoms with Gasteiger partial charge in [0.1, 0.15) is 18.2 Å². The molecule has 0 bridgehead atoms. The second-order valence-electron chi connectivity index (χ2n) is 5.34. The molecule has 21 heavy (non-hydrogen) atoms. The molecule has 0 radical (unpaired) electrons. The third-order valence-corrected chi connectivity index (χ3v) is 3.67. The van der Waals surface area contributed by atoms with Gasteiger partial charge in [0.05, 0.1) is 0 Å². The predicted octanol–water partition coefficient (Wildman–Crippen LogP) is 1.16. The van der Waals surface area contributed by atoms with Gasteiger partial charge in [-0.05, 0) is 25.7 Å². The van der Waals surface area contributed by atoms with Gasteiger partial charge >= 0.3 is 0 Å². The maximum Gasteiger partial charge on any atom is 0.254 e. The first-order valence-electron chi connectivity index (χ1n) is 7.52. The lowest BCUT2D eigenvalue weighted by molar-refractivity contribution is -0.121. The standard InChI is InChI=1S/C14H20N6O/c1-2-5-10-8-12(20-14(18-10)16-9-17-20)19-11-6-3-4-7-15-13(11)21/h8-9,11,19H,2-7H2,1H3,(H,15,21). The van der Waals surface area contributed by atoms with Crippen LogP contribution >= 0.6 is 0 Å². The molecule has 1 fully saturated rings. The summed E-state index contributed by atoms with van der Waals surface area (Å²) in [4.78, 5) is 20.7. The van der Waals surface area contributed by atoms with Crippen LogP contribution in [-0.2, 0) is 11.2 Å². The van der Waals surface area contributed by atoms with E-state index in [2.05, 4.69) is 32.6 Å². The SMILES string of the molecule is CCCc1cc(NC2CCCCNC2=O)n2ncnc2n1. The lowest BCUT2D eigenvalue weighted by Crippen LogP contribution is -2.38. The Morgan fingerprint density at radius 3 is 3.24 bits per heavy atom. The largest absolute Gasteiger partial charge is 0.358 e. The van der Waals surface area contributed by atoms with E-state index in [1.54, 1.807) is 4.52 Å². The molecule has 1 atom stereocenters. The molecule has 1 unspecified atom stereocenters. The van der Waals surface area contributed by atoms with E-state index >= 15 is 0 Å². The van der Waals surface area contributed by atoms with E-state index in [9.17, 15) is 4.79 Å². The average Bonchev–Trinajstić information content (AvgIpc) is 2.85. The Kier molecular flexibility index (Phi) is 3.98. The molecule has 2 aromatic heterocycles. The molecule has 7 nitrogen and oxygen atoms in total. The van der Waals surface area contributed by atoms with E-state index in [1.807, 2.05) is 6.07 Å². The third kappa shape index (κ3) is 2.96. The van der Waals surface area contributed by atoms with E-state index < -0.39 is 0 Å². The summed E-state index contributed by atoms with van der Waals surface area (Å²) in [5.41, 5.74) is 0.967. The molecule has 0 aliphatic carbocycles. The first-order chi connectivity index (χ1) is 10.3. The number of rotatable bonds is 4. The molecule has 0 aromatic carbocycles. The summed E-state index contributed by atoms with van der Waals surface area (Å²) in [7, 11) is 0. The molecule has 0 saturated carbocycles. The summed E-state index contributed by atoms with van der Waals surface area (Å²) in [6, 6.07) is 1.74. The molecular formula is C14H20N6O. The molecule has 1 aliphatic rings. The van der Waals surface area contributed by atoms with Gasteiger partial charge in [-0.3, -0.25) is 4.79 Å². The maximum atomic E-state index is 12.1. The number of carbonyl (C=O) groups excluding carboxylic acids is 1. The highest BCUT2D eigenvalue weighted by atomic mass is 16.2. The number of fused-ring (bicyclic) bond motifs is 1. The molecule has 7 heteroatoms. The number of nitrogens with one attached hydrogen (secondary N) is 2. The lowest BCUT2D eigenvalue weighted by atomic mass is 10.1. The maximum absolute atomic E-state index is 12.1. The fourth-order valence-electron chi connectivity index (χ4n) is 2.60. The minimum absolute atomic E-state index is 0.0506. The molecule has 112 valence electrons. The number of nitrogens with zero attached hydrogens (tertiary/aromatic N) is 4. The summed E-state index contributed by atoms with van der Waals surface area (Å²) in [6.45, 7) is 2.87. The van der Waals surface area contributed by atoms with Crippen LogP contribution in [0.1, 0.15) is 38.3 Å². The first kappa shape index (κ1) is 13.8. The van der Waals surface area contributed by atoms with Crippen LogP contribution in [0.2, 0.25) is 0 Å². The monoisotopic (exact) mass is 288 g/mol. The molecule has 2 N–H and O–H groups in total. The van der Waals surface area contributed by atoms with E-state index in [0.717, 1.165) is 50.2 Å². The minimum atomic E-state index is -0.225. The van der Waals surface area contributed by atoms with Crippen LogP contribution in [-0.4, -0.2) is 38.1 Å². The number of amides is 1. The van der Waals surface area contributed by atoms with E-state index in [4.69, 9.17) is 0 Å². The van der Waals surface area contributed by atoms with Crippen molar-refractivity contribution in [3.63, 3.8) is 0 Å². The van der Waals surface area contributed by atoms with Crippen molar-refractivity contribution < 1.29 is 4.79 Å². The lowest BCUT2D eigenvalue weighted by Gasteiger charge is -2.17. The Labute approximate surface area is 123 Å². The summed E-state index contributed by atoms with van der Waals surface area (Å²) in [6.07, 6.45) is 6.27. The highest BCUT2D eigenvalue weighted by Crippen LogP contribution is 2.16. The average molecular weight is 288 g/mol. The normalized spacial score (nSPS) is 19.3. The van der Waals surface area contributed by atoms with Gasteiger partial charge in [-0.15, -0.1) is 0 Å². The second kappa shape index (κ2) is 6.07. The Morgan fingerprint density at radius 2 is 2.38 bits per heavy atom. The van der Waals surface area contributed by atoms with Crippen molar-refractivity contribution >= 4 is 17.5 Å². The third-order valence-electron chi connectivity index (χ3n) is 3.67. The Balaban J connectivity index is 1.90. The summed E-state index contributed by atoms with van der Waals surface area (Å²) in [5.74, 6) is 1.40. The summed E-state index contributed by atoms with van der Waals surface area (Å²) >= 11 is 0. The van der Waals surface area contributed by atoms with Crippen LogP contribution in [0, 0.1) is 0 Å². The Hall–Kier alpha value is -2.18. The van der Waals surface area contributed by atoms with Crippen LogP contribution in [0.5, 0.6) is 0 Å². The second-order valence-corrected chi connectivity index (χ2v) is 5.34. The van der Waals surface area contributed by atoms with Crippen molar-refractivity contribution in [1.29, 1.82) is 0 Å². The molecule has 1 amide bonds. The van der Waals surface area contributed by atoms with Gasteiger partial charge < -0.3 is 10.6 Å². The summed E-state index contributed by atoms with van der Waals surface area (Å²) in [5, 5.41) is 10.4. The van der Waals surface area contributed by atoms with E-state index in [0.29, 0.717) is 5.78 Å². The molecule has 0 spiro atoms. The molecule has 3 heterocycles.